The molecule has 1 aromatic heterocycles. The Kier molecular flexibility index (Phi) is 6.85. The van der Waals surface area contributed by atoms with Crippen molar-refractivity contribution in [3.63, 3.8) is 0 Å². The van der Waals surface area contributed by atoms with Crippen molar-refractivity contribution in [3.8, 4) is 0 Å². The third-order valence-electron chi connectivity index (χ3n) is 4.52. The molecule has 0 saturated heterocycles. The van der Waals surface area contributed by atoms with Crippen LogP contribution in [0, 0.1) is 0 Å². The van der Waals surface area contributed by atoms with Gasteiger partial charge in [-0.1, -0.05) is 23.7 Å². The molecule has 2 aromatic carbocycles. The standard InChI is InChI=1S/C21H23ClN4O3/c1-23-9-10-24-20(27)12-19-25-17-11-15(21(28)29-2)5-8-18(17)26(19)13-14-3-6-16(22)7-4-14/h3-8,11,23H,9-10,12-13H2,1-2H3,(H,24,27). The normalized spacial score (nSPS) is 10.9. The maximum absolute atomic E-state index is 12.4. The molecule has 0 radical (unpaired) electrons. The number of carbonyl (C=O) groups excluding carboxylic acids is 2. The van der Waals surface area contributed by atoms with Gasteiger partial charge in [0.25, 0.3) is 0 Å². The summed E-state index contributed by atoms with van der Waals surface area (Å²) in [6.07, 6.45) is 0.138. The lowest BCUT2D eigenvalue weighted by molar-refractivity contribution is -0.120. The number of imidazole rings is 1. The van der Waals surface area contributed by atoms with Gasteiger partial charge in [0.2, 0.25) is 5.91 Å². The summed E-state index contributed by atoms with van der Waals surface area (Å²) in [6, 6.07) is 12.7. The van der Waals surface area contributed by atoms with E-state index in [9.17, 15) is 9.59 Å². The molecule has 152 valence electrons. The second kappa shape index (κ2) is 9.54. The number of nitrogens with zero attached hydrogens (tertiary/aromatic N) is 2. The average molecular weight is 415 g/mol. The fourth-order valence-electron chi connectivity index (χ4n) is 3.04. The fourth-order valence-corrected chi connectivity index (χ4v) is 3.17. The molecule has 2 N–H and O–H groups in total. The van der Waals surface area contributed by atoms with Gasteiger partial charge in [0.05, 0.1) is 30.1 Å². The first-order valence-corrected chi connectivity index (χ1v) is 9.63. The van der Waals surface area contributed by atoms with E-state index in [-0.39, 0.29) is 12.3 Å². The summed E-state index contributed by atoms with van der Waals surface area (Å²) in [6.45, 7) is 1.76. The number of fused-ring (bicyclic) bond motifs is 1. The molecule has 0 aliphatic rings. The SMILES string of the molecule is CNCCNC(=O)Cc1nc2cc(C(=O)OC)ccc2n1Cc1ccc(Cl)cc1. The van der Waals surface area contributed by atoms with E-state index >= 15 is 0 Å². The molecular weight excluding hydrogens is 392 g/mol. The van der Waals surface area contributed by atoms with E-state index in [2.05, 4.69) is 15.6 Å². The summed E-state index contributed by atoms with van der Waals surface area (Å²) < 4.78 is 6.78. The van der Waals surface area contributed by atoms with Crippen LogP contribution in [0.2, 0.25) is 5.02 Å². The molecule has 8 heteroatoms. The number of halogens is 1. The van der Waals surface area contributed by atoms with Crippen molar-refractivity contribution in [2.45, 2.75) is 13.0 Å². The third kappa shape index (κ3) is 5.13. The molecule has 3 aromatic rings. The van der Waals surface area contributed by atoms with Crippen molar-refractivity contribution >= 4 is 34.5 Å². The van der Waals surface area contributed by atoms with Crippen molar-refractivity contribution < 1.29 is 14.3 Å². The number of hydrogen-bond acceptors (Lipinski definition) is 5. The molecule has 3 rings (SSSR count). The molecule has 0 aliphatic heterocycles. The number of benzene rings is 2. The number of likely N-dealkylation sites (N-methyl/N-ethyl adjacent to an activating group) is 1. The Bertz CT molecular complexity index is 1010. The highest BCUT2D eigenvalue weighted by Crippen LogP contribution is 2.21. The number of rotatable bonds is 8. The predicted octanol–water partition coefficient (Wildman–Crippen LogP) is 2.40. The maximum Gasteiger partial charge on any atom is 0.337 e. The van der Waals surface area contributed by atoms with Gasteiger partial charge in [0.15, 0.2) is 0 Å². The Hall–Kier alpha value is -2.90. The highest BCUT2D eigenvalue weighted by atomic mass is 35.5. The Morgan fingerprint density at radius 2 is 1.90 bits per heavy atom. The number of carbonyl (C=O) groups is 2. The highest BCUT2D eigenvalue weighted by Gasteiger charge is 2.16. The van der Waals surface area contributed by atoms with Crippen LogP contribution >= 0.6 is 11.6 Å². The lowest BCUT2D eigenvalue weighted by Crippen LogP contribution is -2.32. The summed E-state index contributed by atoms with van der Waals surface area (Å²) in [7, 11) is 3.17. The van der Waals surface area contributed by atoms with E-state index in [1.54, 1.807) is 12.1 Å². The Balaban J connectivity index is 1.95. The molecule has 0 unspecified atom stereocenters. The average Bonchev–Trinajstić information content (AvgIpc) is 3.05. The fraction of sp³-hybridized carbons (Fsp3) is 0.286. The maximum atomic E-state index is 12.4. The van der Waals surface area contributed by atoms with Gasteiger partial charge in [-0.3, -0.25) is 4.79 Å². The van der Waals surface area contributed by atoms with Crippen LogP contribution in [0.4, 0.5) is 0 Å². The van der Waals surface area contributed by atoms with E-state index in [1.165, 1.54) is 7.11 Å². The molecule has 1 heterocycles. The van der Waals surface area contributed by atoms with Crippen molar-refractivity contribution in [2.24, 2.45) is 0 Å². The largest absolute Gasteiger partial charge is 0.465 e. The second-order valence-corrected chi connectivity index (χ2v) is 7.00. The van der Waals surface area contributed by atoms with Crippen LogP contribution in [-0.4, -0.2) is 48.7 Å². The number of aromatic nitrogens is 2. The van der Waals surface area contributed by atoms with Gasteiger partial charge >= 0.3 is 5.97 Å². The first kappa shape index (κ1) is 20.8. The van der Waals surface area contributed by atoms with Gasteiger partial charge in [0.1, 0.15) is 5.82 Å². The first-order valence-electron chi connectivity index (χ1n) is 9.25. The Labute approximate surface area is 174 Å². The van der Waals surface area contributed by atoms with Crippen LogP contribution in [-0.2, 0) is 22.5 Å². The quantitative estimate of drug-likeness (QED) is 0.436. The lowest BCUT2D eigenvalue weighted by Gasteiger charge is -2.10. The van der Waals surface area contributed by atoms with Gasteiger partial charge in [0, 0.05) is 24.7 Å². The van der Waals surface area contributed by atoms with Crippen LogP contribution in [0.25, 0.3) is 11.0 Å². The smallest absolute Gasteiger partial charge is 0.337 e. The monoisotopic (exact) mass is 414 g/mol. The number of esters is 1. The van der Waals surface area contributed by atoms with Gasteiger partial charge in [-0.15, -0.1) is 0 Å². The highest BCUT2D eigenvalue weighted by molar-refractivity contribution is 6.30. The zero-order valence-electron chi connectivity index (χ0n) is 16.4. The molecule has 0 fully saturated rings. The Morgan fingerprint density at radius 3 is 2.59 bits per heavy atom. The van der Waals surface area contributed by atoms with Crippen molar-refractivity contribution in [1.82, 2.24) is 20.2 Å². The van der Waals surface area contributed by atoms with E-state index in [0.717, 1.165) is 11.1 Å². The van der Waals surface area contributed by atoms with E-state index < -0.39 is 5.97 Å². The van der Waals surface area contributed by atoms with E-state index in [4.69, 9.17) is 16.3 Å². The molecule has 0 spiro atoms. The minimum absolute atomic E-state index is 0.110. The van der Waals surface area contributed by atoms with Crippen LogP contribution < -0.4 is 10.6 Å². The topological polar surface area (TPSA) is 85.2 Å². The van der Waals surface area contributed by atoms with Crippen molar-refractivity contribution in [2.75, 3.05) is 27.2 Å². The lowest BCUT2D eigenvalue weighted by atomic mass is 10.2. The molecule has 0 saturated carbocycles. The molecule has 0 atom stereocenters. The second-order valence-electron chi connectivity index (χ2n) is 6.57. The number of amides is 1. The summed E-state index contributed by atoms with van der Waals surface area (Å²) >= 11 is 5.99. The van der Waals surface area contributed by atoms with E-state index in [0.29, 0.717) is 41.6 Å². The summed E-state index contributed by atoms with van der Waals surface area (Å²) in [5.41, 5.74) is 2.93. The molecular formula is C21H23ClN4O3. The van der Waals surface area contributed by atoms with Crippen molar-refractivity contribution in [3.05, 3.63) is 64.4 Å². The van der Waals surface area contributed by atoms with E-state index in [1.807, 2.05) is 41.9 Å². The first-order chi connectivity index (χ1) is 14.0. The Morgan fingerprint density at radius 1 is 1.14 bits per heavy atom. The minimum atomic E-state index is -0.425. The zero-order valence-corrected chi connectivity index (χ0v) is 17.1. The molecule has 1 amide bonds. The van der Waals surface area contributed by atoms with Gasteiger partial charge in [-0.05, 0) is 42.9 Å². The number of methoxy groups -OCH3 is 1. The molecule has 29 heavy (non-hydrogen) atoms. The number of hydrogen-bond donors (Lipinski definition) is 2. The summed E-state index contributed by atoms with van der Waals surface area (Å²) in [5.74, 6) is 0.0885. The van der Waals surface area contributed by atoms with Crippen LogP contribution in [0.1, 0.15) is 21.7 Å². The summed E-state index contributed by atoms with van der Waals surface area (Å²) in [5, 5.41) is 6.52. The van der Waals surface area contributed by atoms with Crippen LogP contribution in [0.5, 0.6) is 0 Å². The predicted molar refractivity (Wildman–Crippen MR) is 112 cm³/mol. The summed E-state index contributed by atoms with van der Waals surface area (Å²) in [4.78, 5) is 28.8. The number of nitrogens with one attached hydrogen (secondary N) is 2. The minimum Gasteiger partial charge on any atom is -0.465 e. The van der Waals surface area contributed by atoms with Gasteiger partial charge < -0.3 is 19.9 Å². The molecule has 0 aliphatic carbocycles. The number of ether oxygens (including phenoxy) is 1. The van der Waals surface area contributed by atoms with Crippen LogP contribution in [0.15, 0.2) is 42.5 Å². The van der Waals surface area contributed by atoms with Crippen molar-refractivity contribution in [1.29, 1.82) is 0 Å². The van der Waals surface area contributed by atoms with Crippen LogP contribution in [0.3, 0.4) is 0 Å². The molecule has 7 nitrogen and oxygen atoms in total. The zero-order chi connectivity index (χ0) is 20.8. The molecule has 0 bridgehead atoms. The van der Waals surface area contributed by atoms with Gasteiger partial charge in [-0.2, -0.15) is 0 Å². The third-order valence-corrected chi connectivity index (χ3v) is 4.77. The van der Waals surface area contributed by atoms with Gasteiger partial charge in [-0.25, -0.2) is 9.78 Å².